The van der Waals surface area contributed by atoms with E-state index in [0.717, 1.165) is 38.0 Å². The van der Waals surface area contributed by atoms with Gasteiger partial charge in [-0.3, -0.25) is 4.79 Å². The summed E-state index contributed by atoms with van der Waals surface area (Å²) in [5.41, 5.74) is 1.28. The molecule has 3 aliphatic rings. The minimum atomic E-state index is -3.68. The Kier molecular flexibility index (Phi) is 9.17. The standard InChI is InChI=1S/C27H44N4O5S/c1-19-14-25(35-5)15-20(2)27(19)37(33,34)29(3)12-13-36-18-26(32)31-10-8-21(9-11-31)28-22-16-23-6-7-24(17-22)30(23)4/h14-15,21-24,28H,6-13,16-18H2,1-5H3. The first kappa shape index (κ1) is 28.3. The van der Waals surface area contributed by atoms with E-state index < -0.39 is 10.0 Å². The molecule has 1 amide bonds. The number of hydrogen-bond donors (Lipinski definition) is 1. The fraction of sp³-hybridized carbons (Fsp3) is 0.741. The van der Waals surface area contributed by atoms with E-state index in [1.165, 1.54) is 37.0 Å². The van der Waals surface area contributed by atoms with E-state index in [2.05, 4.69) is 17.3 Å². The van der Waals surface area contributed by atoms with Crippen LogP contribution in [0.5, 0.6) is 5.75 Å². The summed E-state index contributed by atoms with van der Waals surface area (Å²) in [7, 11) is 1.69. The lowest BCUT2D eigenvalue weighted by atomic mass is 9.95. The van der Waals surface area contributed by atoms with Crippen LogP contribution < -0.4 is 10.1 Å². The highest BCUT2D eigenvalue weighted by Crippen LogP contribution is 2.34. The molecule has 3 saturated heterocycles. The van der Waals surface area contributed by atoms with E-state index in [0.29, 0.717) is 29.0 Å². The largest absolute Gasteiger partial charge is 0.497 e. The maximum absolute atomic E-state index is 13.1. The number of methoxy groups -OCH3 is 1. The third-order valence-electron chi connectivity index (χ3n) is 8.53. The van der Waals surface area contributed by atoms with Crippen LogP contribution in [0.2, 0.25) is 0 Å². The zero-order chi connectivity index (χ0) is 26.7. The highest BCUT2D eigenvalue weighted by Gasteiger charge is 2.39. The van der Waals surface area contributed by atoms with Gasteiger partial charge in [-0.1, -0.05) is 0 Å². The number of amides is 1. The van der Waals surface area contributed by atoms with Gasteiger partial charge in [0, 0.05) is 50.8 Å². The molecule has 1 aromatic carbocycles. The number of carbonyl (C=O) groups is 1. The summed E-state index contributed by atoms with van der Waals surface area (Å²) in [6, 6.07) is 5.98. The Morgan fingerprint density at radius 2 is 1.65 bits per heavy atom. The minimum Gasteiger partial charge on any atom is -0.497 e. The van der Waals surface area contributed by atoms with Crippen LogP contribution in [0.15, 0.2) is 17.0 Å². The Morgan fingerprint density at radius 3 is 2.22 bits per heavy atom. The van der Waals surface area contributed by atoms with Crippen LogP contribution in [0.25, 0.3) is 0 Å². The van der Waals surface area contributed by atoms with Crippen LogP contribution in [0.1, 0.15) is 49.7 Å². The predicted molar refractivity (Wildman–Crippen MR) is 143 cm³/mol. The Hall–Kier alpha value is -1.72. The van der Waals surface area contributed by atoms with E-state index in [1.807, 2.05) is 4.90 Å². The SMILES string of the molecule is COc1cc(C)c(S(=O)(=O)N(C)CCOCC(=O)N2CCC(NC3CC4CCC(C3)N4C)CC2)c(C)c1. The number of carbonyl (C=O) groups excluding carboxylic acids is 1. The number of fused-ring (bicyclic) bond motifs is 2. The lowest BCUT2D eigenvalue weighted by Gasteiger charge is -2.40. The van der Waals surface area contributed by atoms with Gasteiger partial charge in [-0.2, -0.15) is 4.31 Å². The van der Waals surface area contributed by atoms with Crippen LogP contribution in [0.4, 0.5) is 0 Å². The van der Waals surface area contributed by atoms with Crippen molar-refractivity contribution in [3.63, 3.8) is 0 Å². The van der Waals surface area contributed by atoms with Crippen LogP contribution in [0.3, 0.4) is 0 Å². The number of nitrogens with one attached hydrogen (secondary N) is 1. The average molecular weight is 537 g/mol. The molecule has 37 heavy (non-hydrogen) atoms. The number of likely N-dealkylation sites (tertiary alicyclic amines) is 1. The fourth-order valence-electron chi connectivity index (χ4n) is 6.33. The van der Waals surface area contributed by atoms with Gasteiger partial charge in [-0.05, 0) is 82.7 Å². The fourth-order valence-corrected chi connectivity index (χ4v) is 7.89. The van der Waals surface area contributed by atoms with Crippen LogP contribution >= 0.6 is 0 Å². The second kappa shape index (κ2) is 12.0. The molecule has 0 aliphatic carbocycles. The van der Waals surface area contributed by atoms with E-state index >= 15 is 0 Å². The lowest BCUT2D eigenvalue weighted by molar-refractivity contribution is -0.137. The maximum atomic E-state index is 13.1. The molecule has 1 N–H and O–H groups in total. The van der Waals surface area contributed by atoms with Crippen molar-refractivity contribution in [3.05, 3.63) is 23.3 Å². The number of benzene rings is 1. The first-order chi connectivity index (χ1) is 17.6. The first-order valence-corrected chi connectivity index (χ1v) is 15.0. The molecule has 10 heteroatoms. The van der Waals surface area contributed by atoms with Gasteiger partial charge in [0.15, 0.2) is 0 Å². The van der Waals surface area contributed by atoms with E-state index in [4.69, 9.17) is 9.47 Å². The lowest BCUT2D eigenvalue weighted by Crippen LogP contribution is -2.53. The van der Waals surface area contributed by atoms with Crippen molar-refractivity contribution in [1.29, 1.82) is 0 Å². The molecule has 0 spiro atoms. The molecular weight excluding hydrogens is 492 g/mol. The van der Waals surface area contributed by atoms with Gasteiger partial charge in [0.1, 0.15) is 12.4 Å². The highest BCUT2D eigenvalue weighted by molar-refractivity contribution is 7.89. The molecule has 9 nitrogen and oxygen atoms in total. The monoisotopic (exact) mass is 536 g/mol. The minimum absolute atomic E-state index is 0.0229. The summed E-state index contributed by atoms with van der Waals surface area (Å²) in [4.78, 5) is 17.4. The third-order valence-corrected chi connectivity index (χ3v) is 10.7. The summed E-state index contributed by atoms with van der Waals surface area (Å²) >= 11 is 0. The smallest absolute Gasteiger partial charge is 0.248 e. The molecule has 0 radical (unpaired) electrons. The number of likely N-dealkylation sites (N-methyl/N-ethyl adjacent to an activating group) is 1. The van der Waals surface area contributed by atoms with Crippen molar-refractivity contribution < 1.29 is 22.7 Å². The van der Waals surface area contributed by atoms with Crippen molar-refractivity contribution in [1.82, 2.24) is 19.4 Å². The molecule has 4 rings (SSSR count). The van der Waals surface area contributed by atoms with Crippen LogP contribution in [0, 0.1) is 13.8 Å². The first-order valence-electron chi connectivity index (χ1n) is 13.5. The third kappa shape index (κ3) is 6.47. The number of nitrogens with zero attached hydrogens (tertiary/aromatic N) is 3. The molecule has 2 unspecified atom stereocenters. The molecule has 2 bridgehead atoms. The summed E-state index contributed by atoms with van der Waals surface area (Å²) in [6.07, 6.45) is 7.07. The number of aryl methyl sites for hydroxylation is 2. The number of rotatable bonds is 10. The Labute approximate surface area is 222 Å². The molecule has 208 valence electrons. The maximum Gasteiger partial charge on any atom is 0.248 e. The number of ether oxygens (including phenoxy) is 2. The van der Waals surface area contributed by atoms with Gasteiger partial charge in [0.2, 0.25) is 15.9 Å². The summed E-state index contributed by atoms with van der Waals surface area (Å²) in [5, 5.41) is 3.88. The predicted octanol–water partition coefficient (Wildman–Crippen LogP) is 2.15. The van der Waals surface area contributed by atoms with Gasteiger partial charge in [-0.15, -0.1) is 0 Å². The van der Waals surface area contributed by atoms with Crippen molar-refractivity contribution in [2.24, 2.45) is 0 Å². The molecule has 3 aliphatic heterocycles. The Balaban J connectivity index is 1.17. The van der Waals surface area contributed by atoms with Crippen molar-refractivity contribution in [2.75, 3.05) is 54.1 Å². The number of sulfonamides is 1. The molecule has 2 atom stereocenters. The topological polar surface area (TPSA) is 91.4 Å². The number of hydrogen-bond acceptors (Lipinski definition) is 7. The summed E-state index contributed by atoms with van der Waals surface area (Å²) in [5.74, 6) is 0.607. The number of piperidine rings is 2. The van der Waals surface area contributed by atoms with Crippen LogP contribution in [-0.4, -0.2) is 107 Å². The molecular formula is C27H44N4O5S. The van der Waals surface area contributed by atoms with E-state index in [9.17, 15) is 13.2 Å². The van der Waals surface area contributed by atoms with Gasteiger partial charge in [0.25, 0.3) is 0 Å². The van der Waals surface area contributed by atoms with E-state index in [1.54, 1.807) is 33.1 Å². The van der Waals surface area contributed by atoms with Crippen LogP contribution in [-0.2, 0) is 19.6 Å². The quantitative estimate of drug-likeness (QED) is 0.458. The Bertz CT molecular complexity index is 1020. The molecule has 1 aromatic rings. The average Bonchev–Trinajstić information content (AvgIpc) is 3.06. The molecule has 3 fully saturated rings. The molecule has 0 aromatic heterocycles. The van der Waals surface area contributed by atoms with Gasteiger partial charge in [0.05, 0.1) is 18.6 Å². The summed E-state index contributed by atoms with van der Waals surface area (Å²) in [6.45, 7) is 5.32. The zero-order valence-corrected chi connectivity index (χ0v) is 23.8. The Morgan fingerprint density at radius 1 is 1.05 bits per heavy atom. The van der Waals surface area contributed by atoms with Gasteiger partial charge in [-0.25, -0.2) is 8.42 Å². The van der Waals surface area contributed by atoms with Crippen molar-refractivity contribution >= 4 is 15.9 Å². The van der Waals surface area contributed by atoms with Crippen molar-refractivity contribution in [3.8, 4) is 5.75 Å². The molecule has 0 saturated carbocycles. The van der Waals surface area contributed by atoms with Crippen molar-refractivity contribution in [2.45, 2.75) is 81.4 Å². The highest BCUT2D eigenvalue weighted by atomic mass is 32.2. The normalized spacial score (nSPS) is 25.1. The second-order valence-electron chi connectivity index (χ2n) is 11.0. The van der Waals surface area contributed by atoms with E-state index in [-0.39, 0.29) is 30.6 Å². The van der Waals surface area contributed by atoms with Gasteiger partial charge >= 0.3 is 0 Å². The molecule has 3 heterocycles. The summed E-state index contributed by atoms with van der Waals surface area (Å²) < 4.78 is 38.4. The zero-order valence-electron chi connectivity index (χ0n) is 23.0. The second-order valence-corrected chi connectivity index (χ2v) is 13.0. The van der Waals surface area contributed by atoms with Gasteiger partial charge < -0.3 is 24.6 Å².